The second-order valence-corrected chi connectivity index (χ2v) is 8.21. The van der Waals surface area contributed by atoms with Crippen LogP contribution in [0.3, 0.4) is 0 Å². The Morgan fingerprint density at radius 3 is 2.65 bits per heavy atom. The van der Waals surface area contributed by atoms with Crippen LogP contribution in [-0.2, 0) is 0 Å². The zero-order chi connectivity index (χ0) is 23.8. The number of aromatic hydroxyl groups is 1. The summed E-state index contributed by atoms with van der Waals surface area (Å²) in [5, 5.41) is 19.6. The molecular weight excluding hydrogens is 437 g/mol. The van der Waals surface area contributed by atoms with Gasteiger partial charge in [-0.05, 0) is 42.7 Å². The van der Waals surface area contributed by atoms with Gasteiger partial charge in [-0.25, -0.2) is 14.4 Å². The fourth-order valence-electron chi connectivity index (χ4n) is 4.31. The number of halogens is 1. The summed E-state index contributed by atoms with van der Waals surface area (Å²) >= 11 is 0. The summed E-state index contributed by atoms with van der Waals surface area (Å²) in [7, 11) is 1.47. The molecule has 0 amide bonds. The van der Waals surface area contributed by atoms with E-state index < -0.39 is 5.82 Å². The highest BCUT2D eigenvalue weighted by molar-refractivity contribution is 6.02. The van der Waals surface area contributed by atoms with E-state index in [9.17, 15) is 9.50 Å². The van der Waals surface area contributed by atoms with Crippen LogP contribution in [-0.4, -0.2) is 41.3 Å². The normalized spacial score (nSPS) is 14.4. The van der Waals surface area contributed by atoms with Crippen molar-refractivity contribution in [3.8, 4) is 40.0 Å². The van der Waals surface area contributed by atoms with Crippen LogP contribution in [0.25, 0.3) is 33.5 Å². The van der Waals surface area contributed by atoms with Gasteiger partial charge in [0.2, 0.25) is 0 Å². The number of ether oxygens (including phenoxy) is 1. The number of phenolic OH excluding ortho intramolecular Hbond substituents is 1. The van der Waals surface area contributed by atoms with Crippen molar-refractivity contribution in [3.63, 3.8) is 0 Å². The molecule has 0 spiro atoms. The summed E-state index contributed by atoms with van der Waals surface area (Å²) in [4.78, 5) is 11.5. The lowest BCUT2D eigenvalue weighted by Crippen LogP contribution is -2.40. The molecule has 0 radical (unpaired) electrons. The maximum absolute atomic E-state index is 14.6. The number of nitrogens with two attached hydrogens (primary N) is 1. The molecule has 1 aliphatic rings. The van der Waals surface area contributed by atoms with Crippen molar-refractivity contribution < 1.29 is 18.7 Å². The Kier molecular flexibility index (Phi) is 5.51. The molecule has 3 N–H and O–H groups in total. The van der Waals surface area contributed by atoms with Gasteiger partial charge in [0, 0.05) is 24.7 Å². The van der Waals surface area contributed by atoms with Gasteiger partial charge in [0.1, 0.15) is 11.9 Å². The van der Waals surface area contributed by atoms with E-state index in [-0.39, 0.29) is 17.4 Å². The molecule has 172 valence electrons. The Morgan fingerprint density at radius 1 is 1.21 bits per heavy atom. The summed E-state index contributed by atoms with van der Waals surface area (Å²) < 4.78 is 25.6. The van der Waals surface area contributed by atoms with Crippen molar-refractivity contribution >= 4 is 16.9 Å². The summed E-state index contributed by atoms with van der Waals surface area (Å²) in [5.74, 6) is 0.238. The van der Waals surface area contributed by atoms with Crippen LogP contribution in [0.5, 0.6) is 11.5 Å². The van der Waals surface area contributed by atoms with E-state index in [1.807, 2.05) is 6.07 Å². The second-order valence-electron chi connectivity index (χ2n) is 8.21. The zero-order valence-electron chi connectivity index (χ0n) is 18.5. The highest BCUT2D eigenvalue weighted by Gasteiger charge is 2.26. The van der Waals surface area contributed by atoms with Gasteiger partial charge in [-0.3, -0.25) is 0 Å². The van der Waals surface area contributed by atoms with E-state index in [0.29, 0.717) is 58.1 Å². The van der Waals surface area contributed by atoms with E-state index in [2.05, 4.69) is 9.88 Å². The molecule has 1 fully saturated rings. The third kappa shape index (κ3) is 3.68. The number of benzene rings is 2. The Morgan fingerprint density at radius 2 is 1.97 bits per heavy atom. The molecule has 0 unspecified atom stereocenters. The number of oxazole rings is 1. The van der Waals surface area contributed by atoms with Crippen molar-refractivity contribution in [3.05, 3.63) is 54.2 Å². The molecular formula is C25H22FN5O3. The number of fused-ring (bicyclic) bond motifs is 1. The largest absolute Gasteiger partial charge is 0.504 e. The SMILES string of the molecule is COc1ccc(-c2c(-c3ccc(C#N)c(F)c3)nc(N3CCC(N)CC3)c3ncoc23)cc1O. The first-order valence-corrected chi connectivity index (χ1v) is 10.8. The number of anilines is 1. The maximum Gasteiger partial charge on any atom is 0.182 e. The number of piperidine rings is 1. The standard InChI is InChI=1S/C25H22FN5O3/c1-33-20-5-4-14(11-19(20)32)21-22(15-2-3-16(12-27)18(26)10-15)30-25(23-24(21)34-13-29-23)31-8-6-17(28)7-9-31/h2-5,10-11,13,17,32H,6-9,28H2,1H3. The molecule has 2 aromatic heterocycles. The van der Waals surface area contributed by atoms with Gasteiger partial charge < -0.3 is 24.9 Å². The number of hydrogen-bond donors (Lipinski definition) is 2. The second kappa shape index (κ2) is 8.65. The van der Waals surface area contributed by atoms with Crippen LogP contribution in [0.2, 0.25) is 0 Å². The Balaban J connectivity index is 1.78. The molecule has 0 saturated carbocycles. The predicted molar refractivity (Wildman–Crippen MR) is 125 cm³/mol. The molecule has 9 heteroatoms. The van der Waals surface area contributed by atoms with Crippen molar-refractivity contribution in [1.82, 2.24) is 9.97 Å². The Labute approximate surface area is 195 Å². The lowest BCUT2D eigenvalue weighted by Gasteiger charge is -2.31. The lowest BCUT2D eigenvalue weighted by atomic mass is 9.96. The highest BCUT2D eigenvalue weighted by atomic mass is 19.1. The first-order chi connectivity index (χ1) is 16.5. The molecule has 8 nitrogen and oxygen atoms in total. The van der Waals surface area contributed by atoms with E-state index >= 15 is 0 Å². The fourth-order valence-corrected chi connectivity index (χ4v) is 4.31. The summed E-state index contributed by atoms with van der Waals surface area (Å²) in [5.41, 5.74) is 9.12. The topological polar surface area (TPSA) is 121 Å². The number of nitriles is 1. The summed E-state index contributed by atoms with van der Waals surface area (Å²) in [6.45, 7) is 1.42. The molecule has 3 heterocycles. The van der Waals surface area contributed by atoms with E-state index in [4.69, 9.17) is 25.1 Å². The van der Waals surface area contributed by atoms with Gasteiger partial charge in [-0.2, -0.15) is 5.26 Å². The van der Waals surface area contributed by atoms with Crippen LogP contribution < -0.4 is 15.4 Å². The minimum atomic E-state index is -0.645. The van der Waals surface area contributed by atoms with E-state index in [1.54, 1.807) is 24.3 Å². The van der Waals surface area contributed by atoms with E-state index in [0.717, 1.165) is 12.8 Å². The Hall–Kier alpha value is -4.16. The van der Waals surface area contributed by atoms with Gasteiger partial charge in [0.05, 0.1) is 23.9 Å². The summed E-state index contributed by atoms with van der Waals surface area (Å²) in [6, 6.07) is 11.3. The summed E-state index contributed by atoms with van der Waals surface area (Å²) in [6.07, 6.45) is 2.98. The number of nitrogens with zero attached hydrogens (tertiary/aromatic N) is 4. The smallest absolute Gasteiger partial charge is 0.182 e. The third-order valence-electron chi connectivity index (χ3n) is 6.13. The van der Waals surface area contributed by atoms with Gasteiger partial charge in [0.25, 0.3) is 0 Å². The Bertz CT molecular complexity index is 1420. The first kappa shape index (κ1) is 21.7. The molecule has 2 aromatic carbocycles. The molecule has 4 aromatic rings. The van der Waals surface area contributed by atoms with Gasteiger partial charge in [0.15, 0.2) is 34.8 Å². The number of methoxy groups -OCH3 is 1. The van der Waals surface area contributed by atoms with Gasteiger partial charge in [-0.15, -0.1) is 0 Å². The average Bonchev–Trinajstić information content (AvgIpc) is 3.33. The predicted octanol–water partition coefficient (Wildman–Crippen LogP) is 4.21. The monoisotopic (exact) mass is 459 g/mol. The zero-order valence-corrected chi connectivity index (χ0v) is 18.5. The number of hydrogen-bond acceptors (Lipinski definition) is 8. The fraction of sp³-hybridized carbons (Fsp3) is 0.240. The minimum absolute atomic E-state index is 0.0567. The van der Waals surface area contributed by atoms with Crippen LogP contribution in [0, 0.1) is 17.1 Å². The van der Waals surface area contributed by atoms with Crippen molar-refractivity contribution in [2.75, 3.05) is 25.1 Å². The van der Waals surface area contributed by atoms with E-state index in [1.165, 1.54) is 25.6 Å². The first-order valence-electron chi connectivity index (χ1n) is 10.8. The van der Waals surface area contributed by atoms with Gasteiger partial charge >= 0.3 is 0 Å². The van der Waals surface area contributed by atoms with Crippen LogP contribution in [0.4, 0.5) is 10.2 Å². The number of phenols is 1. The maximum atomic E-state index is 14.6. The highest BCUT2D eigenvalue weighted by Crippen LogP contribution is 2.43. The molecule has 1 saturated heterocycles. The average molecular weight is 459 g/mol. The van der Waals surface area contributed by atoms with Crippen molar-refractivity contribution in [1.29, 1.82) is 5.26 Å². The molecule has 0 aliphatic carbocycles. The van der Waals surface area contributed by atoms with Gasteiger partial charge in [-0.1, -0.05) is 12.1 Å². The molecule has 0 bridgehead atoms. The number of aromatic nitrogens is 2. The van der Waals surface area contributed by atoms with Crippen LogP contribution in [0.15, 0.2) is 47.2 Å². The lowest BCUT2D eigenvalue weighted by molar-refractivity contribution is 0.373. The molecule has 1 aliphatic heterocycles. The third-order valence-corrected chi connectivity index (χ3v) is 6.13. The molecule has 34 heavy (non-hydrogen) atoms. The molecule has 5 rings (SSSR count). The van der Waals surface area contributed by atoms with Crippen LogP contribution in [0.1, 0.15) is 18.4 Å². The van der Waals surface area contributed by atoms with Crippen molar-refractivity contribution in [2.24, 2.45) is 5.73 Å². The molecule has 0 atom stereocenters. The van der Waals surface area contributed by atoms with Crippen molar-refractivity contribution in [2.45, 2.75) is 18.9 Å². The quantitative estimate of drug-likeness (QED) is 0.465. The number of pyridine rings is 1. The number of rotatable bonds is 4. The minimum Gasteiger partial charge on any atom is -0.504 e. The van der Waals surface area contributed by atoms with Crippen LogP contribution >= 0.6 is 0 Å².